The van der Waals surface area contributed by atoms with Gasteiger partial charge in [0.05, 0.1) is 30.0 Å². The first kappa shape index (κ1) is 19.0. The van der Waals surface area contributed by atoms with E-state index >= 15 is 0 Å². The van der Waals surface area contributed by atoms with Crippen LogP contribution in [0.3, 0.4) is 0 Å². The van der Waals surface area contributed by atoms with Gasteiger partial charge in [-0.2, -0.15) is 0 Å². The first-order valence-corrected chi connectivity index (χ1v) is 9.30. The van der Waals surface area contributed by atoms with Crippen LogP contribution in [0.1, 0.15) is 31.4 Å². The third-order valence-corrected chi connectivity index (χ3v) is 6.53. The standard InChI is InChI=1S/C21H24O7/c1-12-14(9-15(28-18(12)25-3)13-5-8-26-10-13)21(19(23)24)7-4-6-20(2)11-27-17(22)16(20)21/h4-6,8,10,14-16,18H,1,7,9,11H2,2-3H3,(H,23,24)/t14-,15-,16-,18-,20+,21-/m0/s1. The van der Waals surface area contributed by atoms with Crippen molar-refractivity contribution in [1.82, 2.24) is 0 Å². The lowest BCUT2D eigenvalue weighted by molar-refractivity contribution is -0.190. The average Bonchev–Trinajstić information content (AvgIpc) is 3.30. The van der Waals surface area contributed by atoms with Crippen LogP contribution in [-0.4, -0.2) is 37.1 Å². The number of ether oxygens (including phenoxy) is 3. The van der Waals surface area contributed by atoms with E-state index in [1.807, 2.05) is 19.1 Å². The molecule has 28 heavy (non-hydrogen) atoms. The smallest absolute Gasteiger partial charge is 0.311 e. The topological polar surface area (TPSA) is 95.2 Å². The number of hydrogen-bond donors (Lipinski definition) is 1. The second-order valence-corrected chi connectivity index (χ2v) is 8.11. The van der Waals surface area contributed by atoms with Gasteiger partial charge in [-0.1, -0.05) is 25.7 Å². The lowest BCUT2D eigenvalue weighted by Gasteiger charge is -2.50. The minimum atomic E-state index is -1.38. The summed E-state index contributed by atoms with van der Waals surface area (Å²) < 4.78 is 22.0. The number of carbonyl (C=O) groups is 2. The molecule has 7 nitrogen and oxygen atoms in total. The number of allylic oxidation sites excluding steroid dienone is 1. The predicted octanol–water partition coefficient (Wildman–Crippen LogP) is 3.10. The molecule has 0 unspecified atom stereocenters. The van der Waals surface area contributed by atoms with E-state index in [0.717, 1.165) is 5.56 Å². The summed E-state index contributed by atoms with van der Waals surface area (Å²) in [5.41, 5.74) is -0.721. The van der Waals surface area contributed by atoms with Gasteiger partial charge in [-0.3, -0.25) is 9.59 Å². The van der Waals surface area contributed by atoms with Gasteiger partial charge in [-0.25, -0.2) is 0 Å². The quantitative estimate of drug-likeness (QED) is 0.625. The molecule has 2 aliphatic heterocycles. The Morgan fingerprint density at radius 1 is 1.43 bits per heavy atom. The van der Waals surface area contributed by atoms with E-state index in [1.165, 1.54) is 7.11 Å². The summed E-state index contributed by atoms with van der Waals surface area (Å²) in [6, 6.07) is 1.78. The van der Waals surface area contributed by atoms with E-state index in [4.69, 9.17) is 18.6 Å². The largest absolute Gasteiger partial charge is 0.481 e. The van der Waals surface area contributed by atoms with Crippen molar-refractivity contribution in [3.63, 3.8) is 0 Å². The van der Waals surface area contributed by atoms with Crippen molar-refractivity contribution in [2.24, 2.45) is 22.7 Å². The third kappa shape index (κ3) is 2.57. The van der Waals surface area contributed by atoms with Gasteiger partial charge in [0.25, 0.3) is 0 Å². The molecule has 0 bridgehead atoms. The van der Waals surface area contributed by atoms with Gasteiger partial charge in [0.2, 0.25) is 0 Å². The lowest BCUT2D eigenvalue weighted by atomic mass is 9.52. The fraction of sp³-hybridized carbons (Fsp3) is 0.524. The highest BCUT2D eigenvalue weighted by Gasteiger charge is 2.66. The first-order valence-electron chi connectivity index (χ1n) is 9.30. The summed E-state index contributed by atoms with van der Waals surface area (Å²) in [7, 11) is 1.49. The van der Waals surface area contributed by atoms with Crippen LogP contribution < -0.4 is 0 Å². The van der Waals surface area contributed by atoms with Gasteiger partial charge < -0.3 is 23.7 Å². The summed E-state index contributed by atoms with van der Waals surface area (Å²) in [5, 5.41) is 10.4. The van der Waals surface area contributed by atoms with E-state index in [2.05, 4.69) is 6.58 Å². The summed E-state index contributed by atoms with van der Waals surface area (Å²) in [6.45, 7) is 6.17. The van der Waals surface area contributed by atoms with Crippen LogP contribution in [0.2, 0.25) is 0 Å². The number of esters is 1. The van der Waals surface area contributed by atoms with Crippen LogP contribution in [0.25, 0.3) is 0 Å². The van der Waals surface area contributed by atoms with Gasteiger partial charge in [0, 0.05) is 24.0 Å². The molecule has 0 radical (unpaired) electrons. The normalized spacial score (nSPS) is 40.2. The molecule has 150 valence electrons. The number of carboxylic acid groups (broad SMARTS) is 1. The summed E-state index contributed by atoms with van der Waals surface area (Å²) in [4.78, 5) is 25.5. The SMILES string of the molecule is C=C1[C@@H](OC)O[C@H](c2ccoc2)C[C@@H]1[C@@]1(C(=O)O)CC=C[C@]2(C)COC(=O)[C@H]12. The number of carbonyl (C=O) groups excluding carboxylic acids is 1. The third-order valence-electron chi connectivity index (χ3n) is 6.53. The maximum atomic E-state index is 12.8. The van der Waals surface area contributed by atoms with Crippen LogP contribution in [-0.2, 0) is 23.8 Å². The zero-order valence-electron chi connectivity index (χ0n) is 15.9. The molecule has 0 spiro atoms. The molecule has 2 saturated heterocycles. The Balaban J connectivity index is 1.82. The van der Waals surface area contributed by atoms with Crippen LogP contribution in [0.15, 0.2) is 47.3 Å². The molecule has 3 heterocycles. The first-order chi connectivity index (χ1) is 13.3. The lowest BCUT2D eigenvalue weighted by Crippen LogP contribution is -2.55. The fourth-order valence-electron chi connectivity index (χ4n) is 5.19. The van der Waals surface area contributed by atoms with Crippen molar-refractivity contribution in [1.29, 1.82) is 0 Å². The van der Waals surface area contributed by atoms with Gasteiger partial charge >= 0.3 is 11.9 Å². The molecule has 4 rings (SSSR count). The van der Waals surface area contributed by atoms with E-state index in [0.29, 0.717) is 12.0 Å². The van der Waals surface area contributed by atoms with E-state index in [9.17, 15) is 14.7 Å². The zero-order valence-corrected chi connectivity index (χ0v) is 15.9. The fourth-order valence-corrected chi connectivity index (χ4v) is 5.19. The summed E-state index contributed by atoms with van der Waals surface area (Å²) in [6.07, 6.45) is 6.26. The Morgan fingerprint density at radius 2 is 2.21 bits per heavy atom. The van der Waals surface area contributed by atoms with Crippen molar-refractivity contribution in [2.75, 3.05) is 13.7 Å². The van der Waals surface area contributed by atoms with Crippen molar-refractivity contribution >= 4 is 11.9 Å². The van der Waals surface area contributed by atoms with Crippen LogP contribution in [0.5, 0.6) is 0 Å². The molecule has 3 aliphatic rings. The Labute approximate surface area is 162 Å². The Hall–Kier alpha value is -2.38. The number of aliphatic carboxylic acids is 1. The minimum absolute atomic E-state index is 0.177. The zero-order chi connectivity index (χ0) is 20.1. The molecule has 7 heteroatoms. The number of methoxy groups -OCH3 is 1. The molecule has 0 saturated carbocycles. The second kappa shape index (κ2) is 6.60. The Bertz CT molecular complexity index is 826. The molecular formula is C21H24O7. The predicted molar refractivity (Wildman–Crippen MR) is 97.0 cm³/mol. The summed E-state index contributed by atoms with van der Waals surface area (Å²) in [5.74, 6) is -2.84. The van der Waals surface area contributed by atoms with Crippen molar-refractivity contribution in [2.45, 2.75) is 32.2 Å². The average molecular weight is 388 g/mol. The van der Waals surface area contributed by atoms with Crippen LogP contribution in [0.4, 0.5) is 0 Å². The molecule has 1 aromatic heterocycles. The second-order valence-electron chi connectivity index (χ2n) is 8.11. The number of fused-ring (bicyclic) bond motifs is 1. The number of carboxylic acids is 1. The number of furan rings is 1. The van der Waals surface area contributed by atoms with Crippen LogP contribution in [0, 0.1) is 22.7 Å². The highest BCUT2D eigenvalue weighted by molar-refractivity contribution is 5.88. The van der Waals surface area contributed by atoms with Crippen molar-refractivity contribution < 1.29 is 33.3 Å². The summed E-state index contributed by atoms with van der Waals surface area (Å²) >= 11 is 0. The molecule has 1 aromatic rings. The van der Waals surface area contributed by atoms with Gasteiger partial charge in [-0.15, -0.1) is 0 Å². The Kier molecular flexibility index (Phi) is 4.47. The van der Waals surface area contributed by atoms with Crippen molar-refractivity contribution in [3.05, 3.63) is 48.5 Å². The van der Waals surface area contributed by atoms with Crippen LogP contribution >= 0.6 is 0 Å². The monoisotopic (exact) mass is 388 g/mol. The van der Waals surface area contributed by atoms with E-state index in [1.54, 1.807) is 18.6 Å². The molecule has 1 N–H and O–H groups in total. The molecule has 2 fully saturated rings. The molecule has 1 aliphatic carbocycles. The highest BCUT2D eigenvalue weighted by atomic mass is 16.7. The van der Waals surface area contributed by atoms with E-state index in [-0.39, 0.29) is 13.0 Å². The highest BCUT2D eigenvalue weighted by Crippen LogP contribution is 2.60. The minimum Gasteiger partial charge on any atom is -0.481 e. The van der Waals surface area contributed by atoms with Gasteiger partial charge in [-0.05, 0) is 24.5 Å². The number of hydrogen-bond acceptors (Lipinski definition) is 6. The number of rotatable bonds is 4. The molecular weight excluding hydrogens is 364 g/mol. The van der Waals surface area contributed by atoms with Gasteiger partial charge in [0.15, 0.2) is 6.29 Å². The van der Waals surface area contributed by atoms with Gasteiger partial charge in [0.1, 0.15) is 6.61 Å². The maximum Gasteiger partial charge on any atom is 0.311 e. The molecule has 0 amide bonds. The van der Waals surface area contributed by atoms with Crippen molar-refractivity contribution in [3.8, 4) is 0 Å². The number of cyclic esters (lactones) is 1. The molecule has 6 atom stereocenters. The maximum absolute atomic E-state index is 12.8. The van der Waals surface area contributed by atoms with E-state index < -0.39 is 47.0 Å². The molecule has 0 aromatic carbocycles. The Morgan fingerprint density at radius 3 is 2.86 bits per heavy atom.